The molecule has 6 heteroatoms. The first kappa shape index (κ1) is 10.7. The molecule has 0 radical (unpaired) electrons. The van der Waals surface area contributed by atoms with E-state index in [2.05, 4.69) is 5.32 Å². The number of hydrogen-bond acceptors (Lipinski definition) is 3. The Hall–Kier alpha value is -0.810. The minimum atomic E-state index is -0.595. The van der Waals surface area contributed by atoms with Crippen molar-refractivity contribution in [1.29, 1.82) is 0 Å². The Morgan fingerprint density at radius 1 is 1.47 bits per heavy atom. The number of hydrogen-bond donors (Lipinski definition) is 2. The van der Waals surface area contributed by atoms with Crippen molar-refractivity contribution in [1.82, 2.24) is 10.4 Å². The van der Waals surface area contributed by atoms with Crippen LogP contribution in [0.25, 0.3) is 0 Å². The molecule has 2 N–H and O–H groups in total. The SMILES string of the molecule is O=C1CN[C@H](c2ccc(Cl)cc2Cl)N1O. The Morgan fingerprint density at radius 3 is 2.73 bits per heavy atom. The Labute approximate surface area is 96.3 Å². The van der Waals surface area contributed by atoms with Gasteiger partial charge in [0.2, 0.25) is 0 Å². The number of rotatable bonds is 1. The van der Waals surface area contributed by atoms with E-state index in [0.29, 0.717) is 20.7 Å². The van der Waals surface area contributed by atoms with Crippen LogP contribution in [0, 0.1) is 0 Å². The van der Waals surface area contributed by atoms with Gasteiger partial charge in [0.25, 0.3) is 5.91 Å². The summed E-state index contributed by atoms with van der Waals surface area (Å²) in [6.07, 6.45) is -0.595. The summed E-state index contributed by atoms with van der Waals surface area (Å²) in [5, 5.41) is 13.8. The molecule has 80 valence electrons. The minimum absolute atomic E-state index is 0.0973. The van der Waals surface area contributed by atoms with Crippen LogP contribution >= 0.6 is 23.2 Å². The van der Waals surface area contributed by atoms with Gasteiger partial charge in [0.05, 0.1) is 6.54 Å². The molecule has 0 bridgehead atoms. The Morgan fingerprint density at radius 2 is 2.20 bits per heavy atom. The molecule has 0 saturated carbocycles. The van der Waals surface area contributed by atoms with Crippen LogP contribution in [0.4, 0.5) is 0 Å². The van der Waals surface area contributed by atoms with Crippen molar-refractivity contribution in [2.24, 2.45) is 0 Å². The number of halogens is 2. The Bertz CT molecular complexity index is 411. The van der Waals surface area contributed by atoms with Gasteiger partial charge < -0.3 is 0 Å². The molecular weight excluding hydrogens is 239 g/mol. The maximum atomic E-state index is 11.1. The van der Waals surface area contributed by atoms with Crippen molar-refractivity contribution < 1.29 is 10.0 Å². The number of carbonyl (C=O) groups excluding carboxylic acids is 1. The molecule has 1 aromatic carbocycles. The third-order valence-corrected chi connectivity index (χ3v) is 2.77. The van der Waals surface area contributed by atoms with Gasteiger partial charge in [-0.2, -0.15) is 0 Å². The summed E-state index contributed by atoms with van der Waals surface area (Å²) in [4.78, 5) is 11.1. The predicted octanol–water partition coefficient (Wildman–Crippen LogP) is 1.81. The van der Waals surface area contributed by atoms with Crippen LogP contribution in [0.15, 0.2) is 18.2 Å². The number of benzene rings is 1. The second-order valence-corrected chi connectivity index (χ2v) is 4.03. The molecule has 1 amide bonds. The third kappa shape index (κ3) is 1.94. The fourth-order valence-corrected chi connectivity index (χ4v) is 1.97. The van der Waals surface area contributed by atoms with Crippen molar-refractivity contribution in [3.8, 4) is 0 Å². The lowest BCUT2D eigenvalue weighted by Gasteiger charge is -2.18. The van der Waals surface area contributed by atoms with Crippen LogP contribution in [0.1, 0.15) is 11.7 Å². The second-order valence-electron chi connectivity index (χ2n) is 3.19. The normalized spacial score (nSPS) is 21.1. The van der Waals surface area contributed by atoms with E-state index in [1.54, 1.807) is 18.2 Å². The smallest absolute Gasteiger partial charge is 0.261 e. The molecule has 1 aromatic rings. The van der Waals surface area contributed by atoms with Crippen LogP contribution < -0.4 is 5.32 Å². The monoisotopic (exact) mass is 246 g/mol. The Kier molecular flexibility index (Phi) is 2.84. The fraction of sp³-hybridized carbons (Fsp3) is 0.222. The second kappa shape index (κ2) is 3.98. The van der Waals surface area contributed by atoms with Gasteiger partial charge in [-0.05, 0) is 12.1 Å². The zero-order valence-electron chi connectivity index (χ0n) is 7.58. The summed E-state index contributed by atoms with van der Waals surface area (Å²) >= 11 is 11.7. The molecule has 1 atom stereocenters. The van der Waals surface area contributed by atoms with E-state index in [4.69, 9.17) is 23.2 Å². The predicted molar refractivity (Wildman–Crippen MR) is 55.8 cm³/mol. The lowest BCUT2D eigenvalue weighted by molar-refractivity contribution is -0.165. The van der Waals surface area contributed by atoms with Crippen molar-refractivity contribution in [2.45, 2.75) is 6.17 Å². The van der Waals surface area contributed by atoms with Crippen molar-refractivity contribution >= 4 is 29.1 Å². The molecule has 1 fully saturated rings. The molecule has 1 heterocycles. The van der Waals surface area contributed by atoms with Gasteiger partial charge in [-0.25, -0.2) is 5.06 Å². The quantitative estimate of drug-likeness (QED) is 0.744. The molecule has 0 aliphatic carbocycles. The largest absolute Gasteiger partial charge is 0.284 e. The number of amides is 1. The maximum absolute atomic E-state index is 11.1. The highest BCUT2D eigenvalue weighted by Gasteiger charge is 2.31. The standard InChI is InChI=1S/C9H8Cl2N2O2/c10-5-1-2-6(7(11)3-5)9-12-4-8(14)13(9)15/h1-3,9,12,15H,4H2/t9-/m0/s1. The molecule has 15 heavy (non-hydrogen) atoms. The first-order chi connectivity index (χ1) is 7.09. The molecule has 0 aromatic heterocycles. The van der Waals surface area contributed by atoms with Crippen molar-refractivity contribution in [2.75, 3.05) is 6.54 Å². The van der Waals surface area contributed by atoms with E-state index in [1.807, 2.05) is 0 Å². The highest BCUT2D eigenvalue weighted by atomic mass is 35.5. The van der Waals surface area contributed by atoms with E-state index >= 15 is 0 Å². The Balaban J connectivity index is 2.34. The van der Waals surface area contributed by atoms with Gasteiger partial charge in [0.15, 0.2) is 0 Å². The number of carbonyl (C=O) groups is 1. The molecular formula is C9H8Cl2N2O2. The van der Waals surface area contributed by atoms with Crippen LogP contribution in [0.2, 0.25) is 10.0 Å². The number of nitrogens with zero attached hydrogens (tertiary/aromatic N) is 1. The van der Waals surface area contributed by atoms with E-state index < -0.39 is 6.17 Å². The lowest BCUT2D eigenvalue weighted by atomic mass is 10.2. The number of hydroxylamine groups is 2. The highest BCUT2D eigenvalue weighted by molar-refractivity contribution is 6.35. The molecule has 0 unspecified atom stereocenters. The number of nitrogens with one attached hydrogen (secondary N) is 1. The van der Waals surface area contributed by atoms with E-state index in [9.17, 15) is 10.0 Å². The van der Waals surface area contributed by atoms with Crippen LogP contribution in [-0.2, 0) is 4.79 Å². The molecule has 1 aliphatic heterocycles. The van der Waals surface area contributed by atoms with Gasteiger partial charge in [0, 0.05) is 15.6 Å². The zero-order valence-corrected chi connectivity index (χ0v) is 9.09. The first-order valence-electron chi connectivity index (χ1n) is 4.29. The summed E-state index contributed by atoms with van der Waals surface area (Å²) in [6.45, 7) is 0.0973. The molecule has 1 aliphatic rings. The minimum Gasteiger partial charge on any atom is -0.284 e. The topological polar surface area (TPSA) is 52.6 Å². The van der Waals surface area contributed by atoms with Crippen LogP contribution in [-0.4, -0.2) is 22.7 Å². The maximum Gasteiger partial charge on any atom is 0.261 e. The highest BCUT2D eigenvalue weighted by Crippen LogP contribution is 2.29. The summed E-state index contributed by atoms with van der Waals surface area (Å²) in [5.41, 5.74) is 0.620. The first-order valence-corrected chi connectivity index (χ1v) is 5.04. The molecule has 1 saturated heterocycles. The molecule has 2 rings (SSSR count). The summed E-state index contributed by atoms with van der Waals surface area (Å²) in [6, 6.07) is 4.89. The molecule has 4 nitrogen and oxygen atoms in total. The van der Waals surface area contributed by atoms with E-state index in [-0.39, 0.29) is 12.5 Å². The fourth-order valence-electron chi connectivity index (χ4n) is 1.46. The lowest BCUT2D eigenvalue weighted by Crippen LogP contribution is -2.26. The van der Waals surface area contributed by atoms with Gasteiger partial charge in [0.1, 0.15) is 6.17 Å². The van der Waals surface area contributed by atoms with Crippen LogP contribution in [0.5, 0.6) is 0 Å². The van der Waals surface area contributed by atoms with E-state index in [1.165, 1.54) is 0 Å². The van der Waals surface area contributed by atoms with Gasteiger partial charge in [-0.3, -0.25) is 15.3 Å². The van der Waals surface area contributed by atoms with Crippen molar-refractivity contribution in [3.05, 3.63) is 33.8 Å². The van der Waals surface area contributed by atoms with Gasteiger partial charge >= 0.3 is 0 Å². The average Bonchev–Trinajstić information content (AvgIpc) is 2.49. The summed E-state index contributed by atoms with van der Waals surface area (Å²) < 4.78 is 0. The molecule has 0 spiro atoms. The van der Waals surface area contributed by atoms with Gasteiger partial charge in [-0.15, -0.1) is 0 Å². The van der Waals surface area contributed by atoms with E-state index in [0.717, 1.165) is 0 Å². The zero-order chi connectivity index (χ0) is 11.0. The summed E-state index contributed by atoms with van der Waals surface area (Å²) in [7, 11) is 0. The average molecular weight is 247 g/mol. The van der Waals surface area contributed by atoms with Crippen LogP contribution in [0.3, 0.4) is 0 Å². The summed E-state index contributed by atoms with van der Waals surface area (Å²) in [5.74, 6) is -0.383. The van der Waals surface area contributed by atoms with Gasteiger partial charge in [-0.1, -0.05) is 29.3 Å². The van der Waals surface area contributed by atoms with Crippen molar-refractivity contribution in [3.63, 3.8) is 0 Å². The third-order valence-electron chi connectivity index (χ3n) is 2.20.